The maximum absolute atomic E-state index is 12.6. The topological polar surface area (TPSA) is 92.5 Å². The zero-order valence-corrected chi connectivity index (χ0v) is 13.7. The number of nitrogens with zero attached hydrogens (tertiary/aromatic N) is 2. The van der Waals surface area contributed by atoms with Gasteiger partial charge in [0.25, 0.3) is 0 Å². The number of hydrogen-bond donors (Lipinski definition) is 1. The highest BCUT2D eigenvalue weighted by molar-refractivity contribution is 7.89. The van der Waals surface area contributed by atoms with Gasteiger partial charge >= 0.3 is 0 Å². The largest absolute Gasteiger partial charge is 0.355 e. The lowest BCUT2D eigenvalue weighted by Crippen LogP contribution is -2.40. The molecule has 0 unspecified atom stereocenters. The molecule has 0 aliphatic heterocycles. The predicted octanol–water partition coefficient (Wildman–Crippen LogP) is 1.63. The molecule has 2 rings (SSSR count). The Morgan fingerprint density at radius 3 is 2.77 bits per heavy atom. The van der Waals surface area contributed by atoms with E-state index in [9.17, 15) is 13.2 Å². The van der Waals surface area contributed by atoms with Crippen LogP contribution in [0.15, 0.2) is 27.6 Å². The molecule has 1 N–H and O–H groups in total. The van der Waals surface area contributed by atoms with E-state index < -0.39 is 10.0 Å². The fraction of sp³-hybridized carbons (Fsp3) is 0.385. The number of rotatable bonds is 6. The molecule has 1 aromatic heterocycles. The average Bonchev–Trinajstić information content (AvgIpc) is 2.86. The summed E-state index contributed by atoms with van der Waals surface area (Å²) in [6.07, 6.45) is 0. The summed E-state index contributed by atoms with van der Waals surface area (Å²) in [5, 5.41) is 6.66. The summed E-state index contributed by atoms with van der Waals surface area (Å²) in [5.41, 5.74) is 0.399. The molecule has 7 nitrogen and oxygen atoms in total. The molecule has 0 atom stereocenters. The number of carbonyl (C=O) groups is 1. The Balaban J connectivity index is 2.36. The first-order valence-electron chi connectivity index (χ1n) is 6.72. The summed E-state index contributed by atoms with van der Waals surface area (Å²) in [6.45, 7) is 3.82. The third-order valence-electron chi connectivity index (χ3n) is 3.08. The van der Waals surface area contributed by atoms with E-state index in [-0.39, 0.29) is 29.0 Å². The van der Waals surface area contributed by atoms with E-state index in [1.807, 2.05) is 0 Å². The summed E-state index contributed by atoms with van der Waals surface area (Å²) in [5.74, 6) is -0.350. The number of likely N-dealkylation sites (N-methyl/N-ethyl adjacent to an activating group) is 2. The zero-order chi connectivity index (χ0) is 16.3. The summed E-state index contributed by atoms with van der Waals surface area (Å²) < 4.78 is 31.3. The molecule has 9 heteroatoms. The first kappa shape index (κ1) is 16.7. The second-order valence-electron chi connectivity index (χ2n) is 4.52. The Hall–Kier alpha value is -1.64. The van der Waals surface area contributed by atoms with Crippen molar-refractivity contribution in [2.24, 2.45) is 0 Å². The Morgan fingerprint density at radius 1 is 1.41 bits per heavy atom. The fourth-order valence-electron chi connectivity index (χ4n) is 1.98. The van der Waals surface area contributed by atoms with Crippen molar-refractivity contribution in [3.05, 3.63) is 23.4 Å². The second kappa shape index (κ2) is 6.64. The van der Waals surface area contributed by atoms with Crippen molar-refractivity contribution in [1.29, 1.82) is 0 Å². The third-order valence-corrected chi connectivity index (χ3v) is 5.27. The minimum Gasteiger partial charge on any atom is -0.355 e. The summed E-state index contributed by atoms with van der Waals surface area (Å²) in [7, 11) is -3.81. The van der Waals surface area contributed by atoms with E-state index in [1.165, 1.54) is 18.2 Å². The molecule has 120 valence electrons. The molecule has 0 bridgehead atoms. The molecule has 1 aromatic carbocycles. The fourth-order valence-corrected chi connectivity index (χ4v) is 3.59. The molecule has 2 aromatic rings. The summed E-state index contributed by atoms with van der Waals surface area (Å²) in [4.78, 5) is 11.7. The number of fused-ring (bicyclic) bond motifs is 1. The molecular weight excluding hydrogens is 330 g/mol. The lowest BCUT2D eigenvalue weighted by molar-refractivity contribution is -0.121. The molecule has 0 spiro atoms. The van der Waals surface area contributed by atoms with Crippen molar-refractivity contribution in [3.63, 3.8) is 0 Å². The van der Waals surface area contributed by atoms with E-state index in [4.69, 9.17) is 16.1 Å². The van der Waals surface area contributed by atoms with Crippen molar-refractivity contribution in [1.82, 2.24) is 14.8 Å². The van der Waals surface area contributed by atoms with Gasteiger partial charge in [0.1, 0.15) is 0 Å². The molecular formula is C13H16ClN3O4S. The SMILES string of the molecule is CCNC(=O)CN(CC)S(=O)(=O)c1ccc2onc(Cl)c2c1. The van der Waals surface area contributed by atoms with Crippen LogP contribution < -0.4 is 5.32 Å². The number of carbonyl (C=O) groups excluding carboxylic acids is 1. The predicted molar refractivity (Wildman–Crippen MR) is 82.1 cm³/mol. The Bertz CT molecular complexity index is 788. The van der Waals surface area contributed by atoms with Crippen LogP contribution in [0, 0.1) is 0 Å². The van der Waals surface area contributed by atoms with Crippen LogP contribution in [-0.4, -0.2) is 43.4 Å². The zero-order valence-electron chi connectivity index (χ0n) is 12.2. The van der Waals surface area contributed by atoms with Gasteiger partial charge in [0.05, 0.1) is 16.8 Å². The van der Waals surface area contributed by atoms with Crippen molar-refractivity contribution in [2.75, 3.05) is 19.6 Å². The van der Waals surface area contributed by atoms with Gasteiger partial charge in [-0.3, -0.25) is 4.79 Å². The van der Waals surface area contributed by atoms with Crippen molar-refractivity contribution in [2.45, 2.75) is 18.7 Å². The van der Waals surface area contributed by atoms with Crippen LogP contribution in [0.2, 0.25) is 5.15 Å². The van der Waals surface area contributed by atoms with Crippen LogP contribution in [0.4, 0.5) is 0 Å². The van der Waals surface area contributed by atoms with Crippen molar-refractivity contribution >= 4 is 38.5 Å². The quantitative estimate of drug-likeness (QED) is 0.859. The van der Waals surface area contributed by atoms with Crippen LogP contribution in [0.5, 0.6) is 0 Å². The molecule has 0 radical (unpaired) electrons. The average molecular weight is 346 g/mol. The number of aromatic nitrogens is 1. The van der Waals surface area contributed by atoms with Gasteiger partial charge in [-0.25, -0.2) is 8.42 Å². The smallest absolute Gasteiger partial charge is 0.243 e. The second-order valence-corrected chi connectivity index (χ2v) is 6.81. The van der Waals surface area contributed by atoms with Gasteiger partial charge in [-0.2, -0.15) is 4.31 Å². The van der Waals surface area contributed by atoms with E-state index in [0.29, 0.717) is 17.5 Å². The molecule has 0 saturated carbocycles. The first-order valence-corrected chi connectivity index (χ1v) is 8.53. The molecule has 1 heterocycles. The van der Waals surface area contributed by atoms with Gasteiger partial charge in [0, 0.05) is 13.1 Å². The monoisotopic (exact) mass is 345 g/mol. The highest BCUT2D eigenvalue weighted by Gasteiger charge is 2.26. The molecule has 0 aliphatic carbocycles. The van der Waals surface area contributed by atoms with Crippen molar-refractivity contribution < 1.29 is 17.7 Å². The molecule has 0 fully saturated rings. The number of halogens is 1. The van der Waals surface area contributed by atoms with E-state index >= 15 is 0 Å². The van der Waals surface area contributed by atoms with Gasteiger partial charge in [0.15, 0.2) is 10.7 Å². The van der Waals surface area contributed by atoms with E-state index in [2.05, 4.69) is 10.5 Å². The number of sulfonamides is 1. The Labute approximate surface area is 133 Å². The standard InChI is InChI=1S/C13H16ClN3O4S/c1-3-15-12(18)8-17(4-2)22(19,20)9-5-6-11-10(7-9)13(14)16-21-11/h5-7H,3-4,8H2,1-2H3,(H,15,18). The Morgan fingerprint density at radius 2 is 2.14 bits per heavy atom. The maximum Gasteiger partial charge on any atom is 0.243 e. The number of amides is 1. The first-order chi connectivity index (χ1) is 10.4. The van der Waals surface area contributed by atoms with Crippen LogP contribution in [-0.2, 0) is 14.8 Å². The van der Waals surface area contributed by atoms with E-state index in [0.717, 1.165) is 4.31 Å². The number of benzene rings is 1. The minimum absolute atomic E-state index is 0.0382. The van der Waals surface area contributed by atoms with Gasteiger partial charge in [-0.05, 0) is 25.1 Å². The summed E-state index contributed by atoms with van der Waals surface area (Å²) >= 11 is 5.86. The van der Waals surface area contributed by atoms with Crippen LogP contribution in [0.1, 0.15) is 13.8 Å². The summed E-state index contributed by atoms with van der Waals surface area (Å²) in [6, 6.07) is 4.28. The normalized spacial score (nSPS) is 12.0. The highest BCUT2D eigenvalue weighted by Crippen LogP contribution is 2.26. The molecule has 22 heavy (non-hydrogen) atoms. The van der Waals surface area contributed by atoms with Gasteiger partial charge in [-0.15, -0.1) is 0 Å². The van der Waals surface area contributed by atoms with Crippen molar-refractivity contribution in [3.8, 4) is 0 Å². The molecule has 0 saturated heterocycles. The number of hydrogen-bond acceptors (Lipinski definition) is 5. The van der Waals surface area contributed by atoms with Crippen LogP contribution >= 0.6 is 11.6 Å². The van der Waals surface area contributed by atoms with E-state index in [1.54, 1.807) is 13.8 Å². The van der Waals surface area contributed by atoms with Crippen LogP contribution in [0.3, 0.4) is 0 Å². The number of nitrogens with one attached hydrogen (secondary N) is 1. The highest BCUT2D eigenvalue weighted by atomic mass is 35.5. The van der Waals surface area contributed by atoms with Crippen LogP contribution in [0.25, 0.3) is 11.0 Å². The molecule has 0 aliphatic rings. The maximum atomic E-state index is 12.6. The van der Waals surface area contributed by atoms with Gasteiger partial charge < -0.3 is 9.84 Å². The lowest BCUT2D eigenvalue weighted by Gasteiger charge is -2.19. The Kier molecular flexibility index (Phi) is 5.05. The molecule has 1 amide bonds. The lowest BCUT2D eigenvalue weighted by atomic mass is 10.3. The van der Waals surface area contributed by atoms with Gasteiger partial charge in [0.2, 0.25) is 15.9 Å². The van der Waals surface area contributed by atoms with Gasteiger partial charge in [-0.1, -0.05) is 23.7 Å². The minimum atomic E-state index is -3.81. The third kappa shape index (κ3) is 3.23.